The van der Waals surface area contributed by atoms with Gasteiger partial charge in [0.15, 0.2) is 0 Å². The Morgan fingerprint density at radius 3 is 2.32 bits per heavy atom. The quantitative estimate of drug-likeness (QED) is 0.218. The summed E-state index contributed by atoms with van der Waals surface area (Å²) in [6, 6.07) is 14.3. The summed E-state index contributed by atoms with van der Waals surface area (Å²) >= 11 is 5.86. The number of halogens is 4. The number of carbonyl (C=O) groups excluding carboxylic acids is 2. The fourth-order valence-electron chi connectivity index (χ4n) is 5.68. The van der Waals surface area contributed by atoms with Crippen LogP contribution in [-0.2, 0) is 32.3 Å². The van der Waals surface area contributed by atoms with Crippen LogP contribution in [0.1, 0.15) is 62.1 Å². The number of rotatable bonds is 12. The molecule has 1 N–H and O–H groups in total. The van der Waals surface area contributed by atoms with Crippen molar-refractivity contribution in [1.29, 1.82) is 0 Å². The molecule has 254 valence electrons. The second-order valence-corrected chi connectivity index (χ2v) is 13.9. The van der Waals surface area contributed by atoms with E-state index in [1.54, 1.807) is 50.2 Å². The van der Waals surface area contributed by atoms with Crippen LogP contribution in [0.5, 0.6) is 5.75 Å². The van der Waals surface area contributed by atoms with Crippen LogP contribution in [0.2, 0.25) is 5.02 Å². The Balaban J connectivity index is 1.78. The second kappa shape index (κ2) is 15.4. The highest BCUT2D eigenvalue weighted by molar-refractivity contribution is 7.92. The molecule has 2 amide bonds. The van der Waals surface area contributed by atoms with Gasteiger partial charge in [-0.25, -0.2) is 8.42 Å². The number of anilines is 1. The zero-order chi connectivity index (χ0) is 34.4. The van der Waals surface area contributed by atoms with E-state index in [0.717, 1.165) is 49.8 Å². The molecule has 1 aliphatic carbocycles. The van der Waals surface area contributed by atoms with Crippen molar-refractivity contribution in [2.24, 2.45) is 0 Å². The molecule has 0 aliphatic heterocycles. The van der Waals surface area contributed by atoms with Gasteiger partial charge in [0.05, 0.1) is 28.3 Å². The molecule has 8 nitrogen and oxygen atoms in total. The molecule has 1 aliphatic rings. The molecule has 1 atom stereocenters. The zero-order valence-corrected chi connectivity index (χ0v) is 28.1. The first-order valence-corrected chi connectivity index (χ1v) is 17.2. The van der Waals surface area contributed by atoms with Crippen molar-refractivity contribution >= 4 is 39.1 Å². The Kier molecular flexibility index (Phi) is 11.8. The predicted octanol–water partition coefficient (Wildman–Crippen LogP) is 7.13. The summed E-state index contributed by atoms with van der Waals surface area (Å²) in [4.78, 5) is 29.1. The molecule has 1 unspecified atom stereocenters. The maximum atomic E-state index is 14.3. The van der Waals surface area contributed by atoms with Gasteiger partial charge in [0.25, 0.3) is 10.0 Å². The van der Waals surface area contributed by atoms with Gasteiger partial charge in [-0.2, -0.15) is 13.2 Å². The van der Waals surface area contributed by atoms with Crippen molar-refractivity contribution in [3.05, 3.63) is 88.4 Å². The molecule has 1 saturated carbocycles. The number of hydrogen-bond acceptors (Lipinski definition) is 5. The number of amides is 2. The van der Waals surface area contributed by atoms with Crippen LogP contribution in [0.25, 0.3) is 0 Å². The number of aryl methyl sites for hydroxylation is 1. The van der Waals surface area contributed by atoms with Crippen LogP contribution < -0.4 is 14.4 Å². The van der Waals surface area contributed by atoms with E-state index < -0.39 is 51.0 Å². The largest absolute Gasteiger partial charge is 0.497 e. The van der Waals surface area contributed by atoms with Gasteiger partial charge >= 0.3 is 6.18 Å². The number of carbonyl (C=O) groups is 2. The van der Waals surface area contributed by atoms with Crippen LogP contribution in [-0.4, -0.2) is 50.9 Å². The standard InChI is InChI=1S/C34H39ClF3N3O5S/c1-4-31(33(43)39-25-10-6-5-7-11-25)40(21-24-9-8-12-27(19-24)46-3)32(42)22-41(47(44,45)28-16-13-23(2)14-17-28)26-15-18-30(35)29(20-26)34(36,37)38/h8-9,12-20,25,31H,4-7,10-11,21-22H2,1-3H3,(H,39,43). The number of hydrogen-bond donors (Lipinski definition) is 1. The van der Waals surface area contributed by atoms with Gasteiger partial charge < -0.3 is 15.0 Å². The van der Waals surface area contributed by atoms with Gasteiger partial charge in [-0.15, -0.1) is 0 Å². The summed E-state index contributed by atoms with van der Waals surface area (Å²) in [6.45, 7) is 2.53. The smallest absolute Gasteiger partial charge is 0.417 e. The topological polar surface area (TPSA) is 96.0 Å². The van der Waals surface area contributed by atoms with E-state index in [0.29, 0.717) is 21.7 Å². The number of benzene rings is 3. The highest BCUT2D eigenvalue weighted by atomic mass is 35.5. The number of nitrogens with one attached hydrogen (secondary N) is 1. The van der Waals surface area contributed by atoms with Crippen molar-refractivity contribution in [3.63, 3.8) is 0 Å². The number of sulfonamides is 1. The molecule has 13 heteroatoms. The lowest BCUT2D eigenvalue weighted by Gasteiger charge is -2.34. The van der Waals surface area contributed by atoms with Gasteiger partial charge in [0.2, 0.25) is 11.8 Å². The van der Waals surface area contributed by atoms with Crippen molar-refractivity contribution in [1.82, 2.24) is 10.2 Å². The summed E-state index contributed by atoms with van der Waals surface area (Å²) in [5, 5.41) is 2.44. The van der Waals surface area contributed by atoms with Crippen molar-refractivity contribution in [3.8, 4) is 5.75 Å². The second-order valence-electron chi connectivity index (χ2n) is 11.6. The monoisotopic (exact) mass is 693 g/mol. The first kappa shape index (κ1) is 36.1. The average molecular weight is 694 g/mol. The first-order valence-electron chi connectivity index (χ1n) is 15.4. The van der Waals surface area contributed by atoms with Crippen molar-refractivity contribution in [2.75, 3.05) is 18.0 Å². The Hall–Kier alpha value is -3.77. The minimum atomic E-state index is -4.89. The molecule has 0 radical (unpaired) electrons. The highest BCUT2D eigenvalue weighted by Gasteiger charge is 2.37. The Bertz CT molecular complexity index is 1660. The zero-order valence-electron chi connectivity index (χ0n) is 26.5. The molecule has 4 rings (SSSR count). The van der Waals surface area contributed by atoms with E-state index in [9.17, 15) is 31.2 Å². The summed E-state index contributed by atoms with van der Waals surface area (Å²) in [7, 11) is -3.09. The van der Waals surface area contributed by atoms with E-state index >= 15 is 0 Å². The van der Waals surface area contributed by atoms with E-state index in [1.807, 2.05) is 0 Å². The maximum Gasteiger partial charge on any atom is 0.417 e. The van der Waals surface area contributed by atoms with E-state index in [2.05, 4.69) is 5.32 Å². The minimum Gasteiger partial charge on any atom is -0.497 e. The predicted molar refractivity (Wildman–Crippen MR) is 175 cm³/mol. The highest BCUT2D eigenvalue weighted by Crippen LogP contribution is 2.38. The summed E-state index contributed by atoms with van der Waals surface area (Å²) in [5.41, 5.74) is -0.284. The molecular formula is C34H39ClF3N3O5S. The number of nitrogens with zero attached hydrogens (tertiary/aromatic N) is 2. The average Bonchev–Trinajstić information content (AvgIpc) is 3.04. The number of alkyl halides is 3. The number of methoxy groups -OCH3 is 1. The van der Waals surface area contributed by atoms with Crippen LogP contribution in [0.15, 0.2) is 71.6 Å². The molecular weight excluding hydrogens is 655 g/mol. The van der Waals surface area contributed by atoms with Gasteiger partial charge in [0, 0.05) is 12.6 Å². The van der Waals surface area contributed by atoms with Gasteiger partial charge in [-0.3, -0.25) is 13.9 Å². The van der Waals surface area contributed by atoms with Gasteiger partial charge in [-0.1, -0.05) is 67.6 Å². The lowest BCUT2D eigenvalue weighted by Crippen LogP contribution is -2.54. The van der Waals surface area contributed by atoms with Crippen LogP contribution in [0, 0.1) is 6.92 Å². The summed E-state index contributed by atoms with van der Waals surface area (Å²) < 4.78 is 75.8. The Labute approximate surface area is 278 Å². The number of ether oxygens (including phenoxy) is 1. The van der Waals surface area contributed by atoms with Gasteiger partial charge in [0.1, 0.15) is 18.3 Å². The SMILES string of the molecule is CCC(C(=O)NC1CCCCC1)N(Cc1cccc(OC)c1)C(=O)CN(c1ccc(Cl)c(C(F)(F)F)c1)S(=O)(=O)c1ccc(C)cc1. The molecule has 0 heterocycles. The van der Waals surface area contributed by atoms with Crippen molar-refractivity contribution < 1.29 is 35.9 Å². The third kappa shape index (κ3) is 8.98. The Morgan fingerprint density at radius 2 is 1.70 bits per heavy atom. The van der Waals surface area contributed by atoms with E-state index in [-0.39, 0.29) is 29.8 Å². The molecule has 1 fully saturated rings. The summed E-state index contributed by atoms with van der Waals surface area (Å²) in [5.74, 6) is -0.647. The van der Waals surface area contributed by atoms with E-state index in [4.69, 9.17) is 16.3 Å². The first-order chi connectivity index (χ1) is 22.2. The molecule has 0 spiro atoms. The van der Waals surface area contributed by atoms with Gasteiger partial charge in [-0.05, 0) is 74.2 Å². The Morgan fingerprint density at radius 1 is 1.02 bits per heavy atom. The normalized spacial score (nSPS) is 14.7. The minimum absolute atomic E-state index is 0.0488. The molecule has 0 aromatic heterocycles. The fourth-order valence-corrected chi connectivity index (χ4v) is 7.31. The lowest BCUT2D eigenvalue weighted by atomic mass is 9.95. The van der Waals surface area contributed by atoms with Crippen LogP contribution >= 0.6 is 11.6 Å². The molecule has 3 aromatic rings. The molecule has 0 bridgehead atoms. The third-order valence-electron chi connectivity index (χ3n) is 8.26. The summed E-state index contributed by atoms with van der Waals surface area (Å²) in [6.07, 6.45) is -0.0328. The van der Waals surface area contributed by atoms with Crippen LogP contribution in [0.3, 0.4) is 0 Å². The maximum absolute atomic E-state index is 14.3. The molecule has 3 aromatic carbocycles. The van der Waals surface area contributed by atoms with Crippen LogP contribution in [0.4, 0.5) is 18.9 Å². The fraction of sp³-hybridized carbons (Fsp3) is 0.412. The molecule has 47 heavy (non-hydrogen) atoms. The third-order valence-corrected chi connectivity index (χ3v) is 10.4. The van der Waals surface area contributed by atoms with Crippen molar-refractivity contribution in [2.45, 2.75) is 82.1 Å². The lowest BCUT2D eigenvalue weighted by molar-refractivity contribution is -0.140. The van der Waals surface area contributed by atoms with E-state index in [1.165, 1.54) is 24.1 Å². The molecule has 0 saturated heterocycles.